The largest absolute Gasteiger partial charge is 0.247 e. The third kappa shape index (κ3) is 5.93. The summed E-state index contributed by atoms with van der Waals surface area (Å²) in [6, 6.07) is 68.0. The molecular weight excluding hydrogens is 713 g/mol. The highest BCUT2D eigenvalue weighted by Crippen LogP contribution is 2.44. The molecule has 3 aromatic heterocycles. The minimum atomic E-state index is 0.633. The normalized spacial score (nSPS) is 11.5. The van der Waals surface area contributed by atoms with Gasteiger partial charge in [0, 0.05) is 58.6 Å². The lowest BCUT2D eigenvalue weighted by molar-refractivity contribution is 1.07. The van der Waals surface area contributed by atoms with Crippen molar-refractivity contribution in [3.8, 4) is 67.7 Å². The standard InChI is InChI=1S/C52H32N4S/c1-4-13-33(14-5-1)34-23-25-37(26-24-34)51-54-50(36-17-8-3-9-18-36)55-52(56-51)40-20-12-19-38(31-40)39-27-29-45-43(32-39)48-46(57-45)30-28-42-47(48)41-21-10-11-22-44(41)53-49(42)35-15-6-2-7-16-35/h1-32H. The third-order valence-electron chi connectivity index (χ3n) is 10.7. The van der Waals surface area contributed by atoms with E-state index in [2.05, 4.69) is 158 Å². The third-order valence-corrected chi connectivity index (χ3v) is 11.9. The van der Waals surface area contributed by atoms with Crippen molar-refractivity contribution < 1.29 is 0 Å². The average molecular weight is 745 g/mol. The molecule has 0 N–H and O–H groups in total. The number of para-hydroxylation sites is 1. The van der Waals surface area contributed by atoms with Gasteiger partial charge in [0.05, 0.1) is 11.2 Å². The highest BCUT2D eigenvalue weighted by molar-refractivity contribution is 7.26. The van der Waals surface area contributed by atoms with Gasteiger partial charge in [-0.3, -0.25) is 0 Å². The van der Waals surface area contributed by atoms with Crippen LogP contribution in [0.4, 0.5) is 0 Å². The first kappa shape index (κ1) is 33.0. The molecule has 0 saturated carbocycles. The molecule has 0 spiro atoms. The maximum absolute atomic E-state index is 5.20. The number of hydrogen-bond donors (Lipinski definition) is 0. The lowest BCUT2D eigenvalue weighted by atomic mass is 9.95. The second kappa shape index (κ2) is 13.7. The Morgan fingerprint density at radius 1 is 0.281 bits per heavy atom. The van der Waals surface area contributed by atoms with Crippen LogP contribution in [-0.2, 0) is 0 Å². The molecule has 0 amide bonds. The number of hydrogen-bond acceptors (Lipinski definition) is 5. The topological polar surface area (TPSA) is 51.6 Å². The molecule has 3 heterocycles. The summed E-state index contributed by atoms with van der Waals surface area (Å²) in [5.74, 6) is 1.91. The van der Waals surface area contributed by atoms with Crippen molar-refractivity contribution in [3.05, 3.63) is 194 Å². The van der Waals surface area contributed by atoms with E-state index in [1.165, 1.54) is 36.5 Å². The van der Waals surface area contributed by atoms with E-state index >= 15 is 0 Å². The van der Waals surface area contributed by atoms with Gasteiger partial charge < -0.3 is 0 Å². The van der Waals surface area contributed by atoms with Gasteiger partial charge in [-0.25, -0.2) is 19.9 Å². The van der Waals surface area contributed by atoms with Crippen LogP contribution in [-0.4, -0.2) is 19.9 Å². The molecule has 11 rings (SSSR count). The van der Waals surface area contributed by atoms with E-state index in [1.807, 2.05) is 47.7 Å². The highest BCUT2D eigenvalue weighted by atomic mass is 32.1. The zero-order chi connectivity index (χ0) is 37.7. The Hall–Kier alpha value is -7.34. The summed E-state index contributed by atoms with van der Waals surface area (Å²) in [5.41, 5.74) is 10.5. The van der Waals surface area contributed by atoms with E-state index < -0.39 is 0 Å². The summed E-state index contributed by atoms with van der Waals surface area (Å²) in [6.07, 6.45) is 0. The molecule has 0 radical (unpaired) electrons. The quantitative estimate of drug-likeness (QED) is 0.159. The van der Waals surface area contributed by atoms with Crippen molar-refractivity contribution in [3.63, 3.8) is 0 Å². The Bertz CT molecular complexity index is 3270. The molecule has 8 aromatic carbocycles. The second-order valence-corrected chi connectivity index (χ2v) is 15.3. The zero-order valence-electron chi connectivity index (χ0n) is 30.7. The van der Waals surface area contributed by atoms with Crippen LogP contribution in [0.2, 0.25) is 0 Å². The Labute approximate surface area is 333 Å². The van der Waals surface area contributed by atoms with Crippen LogP contribution >= 0.6 is 11.3 Å². The first-order valence-electron chi connectivity index (χ1n) is 19.0. The summed E-state index contributed by atoms with van der Waals surface area (Å²) in [5, 5.41) is 6.09. The maximum Gasteiger partial charge on any atom is 0.164 e. The molecule has 0 aliphatic carbocycles. The summed E-state index contributed by atoms with van der Waals surface area (Å²) in [4.78, 5) is 20.3. The van der Waals surface area contributed by atoms with Crippen molar-refractivity contribution in [1.82, 2.24) is 19.9 Å². The highest BCUT2D eigenvalue weighted by Gasteiger charge is 2.18. The number of thiophene rings is 1. The van der Waals surface area contributed by atoms with Crippen molar-refractivity contribution >= 4 is 53.2 Å². The van der Waals surface area contributed by atoms with Crippen LogP contribution in [0.25, 0.3) is 110 Å². The summed E-state index contributed by atoms with van der Waals surface area (Å²) < 4.78 is 2.52. The fourth-order valence-corrected chi connectivity index (χ4v) is 9.03. The molecule has 0 saturated heterocycles. The van der Waals surface area contributed by atoms with Gasteiger partial charge in [0.2, 0.25) is 0 Å². The average Bonchev–Trinajstić information content (AvgIpc) is 3.68. The number of pyridine rings is 1. The minimum Gasteiger partial charge on any atom is -0.247 e. The zero-order valence-corrected chi connectivity index (χ0v) is 31.5. The fraction of sp³-hybridized carbons (Fsp3) is 0. The second-order valence-electron chi connectivity index (χ2n) is 14.2. The molecular formula is C52H32N4S. The van der Waals surface area contributed by atoms with Gasteiger partial charge >= 0.3 is 0 Å². The van der Waals surface area contributed by atoms with Crippen LogP contribution in [0.1, 0.15) is 0 Å². The van der Waals surface area contributed by atoms with Gasteiger partial charge in [0.15, 0.2) is 17.5 Å². The SMILES string of the molecule is c1ccc(-c2ccc(-c3nc(-c4ccccc4)nc(-c4cccc(-c5ccc6sc7ccc8c(-c9ccccc9)nc9ccccc9c8c7c6c5)c4)n3)cc2)cc1. The van der Waals surface area contributed by atoms with E-state index in [0.717, 1.165) is 55.5 Å². The monoisotopic (exact) mass is 744 g/mol. The first-order chi connectivity index (χ1) is 28.2. The van der Waals surface area contributed by atoms with E-state index in [-0.39, 0.29) is 0 Å². The van der Waals surface area contributed by atoms with Crippen LogP contribution in [0, 0.1) is 0 Å². The Kier molecular flexibility index (Phi) is 7.97. The lowest BCUT2D eigenvalue weighted by Gasteiger charge is -2.12. The van der Waals surface area contributed by atoms with Crippen molar-refractivity contribution in [2.45, 2.75) is 0 Å². The van der Waals surface area contributed by atoms with Crippen molar-refractivity contribution in [1.29, 1.82) is 0 Å². The molecule has 5 heteroatoms. The predicted molar refractivity (Wildman–Crippen MR) is 238 cm³/mol. The van der Waals surface area contributed by atoms with E-state index in [0.29, 0.717) is 17.5 Å². The number of fused-ring (bicyclic) bond motifs is 7. The molecule has 0 bridgehead atoms. The molecule has 0 unspecified atom stereocenters. The molecule has 11 aromatic rings. The van der Waals surface area contributed by atoms with Crippen LogP contribution in [0.3, 0.4) is 0 Å². The smallest absolute Gasteiger partial charge is 0.164 e. The number of rotatable bonds is 6. The Balaban J connectivity index is 1.05. The number of benzene rings is 8. The van der Waals surface area contributed by atoms with Crippen LogP contribution in [0.5, 0.6) is 0 Å². The first-order valence-corrected chi connectivity index (χ1v) is 19.9. The molecule has 0 aliphatic rings. The molecule has 266 valence electrons. The fourth-order valence-electron chi connectivity index (χ4n) is 7.94. The van der Waals surface area contributed by atoms with Crippen molar-refractivity contribution in [2.75, 3.05) is 0 Å². The molecule has 0 aliphatic heterocycles. The summed E-state index contributed by atoms with van der Waals surface area (Å²) >= 11 is 1.84. The van der Waals surface area contributed by atoms with Gasteiger partial charge in [0.1, 0.15) is 0 Å². The van der Waals surface area contributed by atoms with Crippen molar-refractivity contribution in [2.24, 2.45) is 0 Å². The number of nitrogens with zero attached hydrogens (tertiary/aromatic N) is 4. The summed E-state index contributed by atoms with van der Waals surface area (Å²) in [6.45, 7) is 0. The van der Waals surface area contributed by atoms with Crippen LogP contribution < -0.4 is 0 Å². The minimum absolute atomic E-state index is 0.633. The Morgan fingerprint density at radius 2 is 0.789 bits per heavy atom. The molecule has 4 nitrogen and oxygen atoms in total. The lowest BCUT2D eigenvalue weighted by Crippen LogP contribution is -2.00. The Morgan fingerprint density at radius 3 is 1.53 bits per heavy atom. The maximum atomic E-state index is 5.20. The number of aromatic nitrogens is 4. The van der Waals surface area contributed by atoms with Gasteiger partial charge in [-0.1, -0.05) is 164 Å². The van der Waals surface area contributed by atoms with Gasteiger partial charge in [-0.05, 0) is 52.6 Å². The molecule has 0 fully saturated rings. The summed E-state index contributed by atoms with van der Waals surface area (Å²) in [7, 11) is 0. The van der Waals surface area contributed by atoms with Gasteiger partial charge in [0.25, 0.3) is 0 Å². The van der Waals surface area contributed by atoms with Gasteiger partial charge in [-0.2, -0.15) is 0 Å². The van der Waals surface area contributed by atoms with E-state index in [1.54, 1.807) is 0 Å². The molecule has 0 atom stereocenters. The predicted octanol–water partition coefficient (Wildman–Crippen LogP) is 13.9. The van der Waals surface area contributed by atoms with E-state index in [4.69, 9.17) is 19.9 Å². The van der Waals surface area contributed by atoms with Crippen LogP contribution in [0.15, 0.2) is 194 Å². The van der Waals surface area contributed by atoms with E-state index in [9.17, 15) is 0 Å². The molecule has 57 heavy (non-hydrogen) atoms. The van der Waals surface area contributed by atoms with Gasteiger partial charge in [-0.15, -0.1) is 11.3 Å².